The summed E-state index contributed by atoms with van der Waals surface area (Å²) in [5.74, 6) is 3.07. The number of fused-ring (bicyclic) bond motifs is 6. The number of rotatable bonds is 11. The molecule has 4 N–H and O–H groups in total. The average molecular weight is 798 g/mol. The summed E-state index contributed by atoms with van der Waals surface area (Å²) < 4.78 is 44.7. The molecule has 54 heavy (non-hydrogen) atoms. The van der Waals surface area contributed by atoms with E-state index >= 15 is 0 Å². The predicted molar refractivity (Wildman–Crippen MR) is 216 cm³/mol. The molecule has 11 heteroatoms. The highest BCUT2D eigenvalue weighted by Crippen LogP contribution is 2.68. The summed E-state index contributed by atoms with van der Waals surface area (Å²) in [5.41, 5.74) is 0.00440. The standard InChI is InChI=1S/C43H76NO8PS/c1-24(10-16-37(45)44-21-22-54(48,49)50)31-14-15-34-38-35(18-20-41(31,34)7)42(8)19-17-30(23-36(42)39(46)40(38)47)52-28(5)27(4)33-12-9-25(2)32-13-11-26(3)51-29(6)43(32,33)53/h24-36,38-40,46-47H,9-23,53H2,1-8H3,(H,44,45)(H,48,49,50)/t24-,25-,26?,27+,28?,29?,30-,31?,32?,33?,34?,35?,36?,38?,39-,40+,41?,42?,43?/m1/s1. The van der Waals surface area contributed by atoms with Crippen molar-refractivity contribution >= 4 is 25.3 Å². The Labute approximate surface area is 330 Å². The van der Waals surface area contributed by atoms with Crippen LogP contribution in [0.25, 0.3) is 0 Å². The van der Waals surface area contributed by atoms with Gasteiger partial charge in [-0.1, -0.05) is 41.0 Å². The molecule has 0 radical (unpaired) electrons. The van der Waals surface area contributed by atoms with Crippen molar-refractivity contribution in [3.8, 4) is 0 Å². The van der Waals surface area contributed by atoms with Crippen LogP contribution < -0.4 is 5.32 Å². The van der Waals surface area contributed by atoms with E-state index in [1.54, 1.807) is 0 Å². The summed E-state index contributed by atoms with van der Waals surface area (Å²) in [6.45, 7) is 18.7. The summed E-state index contributed by atoms with van der Waals surface area (Å²) in [5, 5.41) is 26.8. The second-order valence-corrected chi connectivity index (χ2v) is 22.9. The highest BCUT2D eigenvalue weighted by atomic mass is 32.2. The lowest BCUT2D eigenvalue weighted by molar-refractivity contribution is -0.229. The molecular formula is C43H76NO8PS. The Morgan fingerprint density at radius 2 is 1.52 bits per heavy atom. The maximum atomic E-state index is 12.5. The van der Waals surface area contributed by atoms with Crippen molar-refractivity contribution in [1.29, 1.82) is 0 Å². The second kappa shape index (κ2) is 16.4. The van der Waals surface area contributed by atoms with E-state index in [1.165, 1.54) is 19.3 Å². The quantitative estimate of drug-likeness (QED) is 0.126. The number of amides is 1. The lowest BCUT2D eigenvalue weighted by atomic mass is 9.43. The van der Waals surface area contributed by atoms with Crippen molar-refractivity contribution in [1.82, 2.24) is 5.32 Å². The van der Waals surface area contributed by atoms with Gasteiger partial charge in [0.2, 0.25) is 5.91 Å². The van der Waals surface area contributed by atoms with Crippen molar-refractivity contribution in [2.75, 3.05) is 12.3 Å². The fourth-order valence-corrected chi connectivity index (χ4v) is 15.9. The molecule has 9 nitrogen and oxygen atoms in total. The van der Waals surface area contributed by atoms with Crippen LogP contribution in [-0.4, -0.2) is 83.2 Å². The first-order valence-electron chi connectivity index (χ1n) is 21.9. The molecule has 1 heterocycles. The molecule has 1 aliphatic heterocycles. The summed E-state index contributed by atoms with van der Waals surface area (Å²) in [6.07, 6.45) is 12.1. The van der Waals surface area contributed by atoms with Crippen LogP contribution in [0.4, 0.5) is 0 Å². The van der Waals surface area contributed by atoms with Gasteiger partial charge in [0.05, 0.1) is 42.4 Å². The number of carbonyl (C=O) groups excluding carboxylic acids is 1. The highest BCUT2D eigenvalue weighted by Gasteiger charge is 2.65. The third-order valence-electron chi connectivity index (χ3n) is 17.7. The molecule has 0 aromatic carbocycles. The third kappa shape index (κ3) is 8.01. The number of aliphatic hydroxyl groups excluding tert-OH is 2. The van der Waals surface area contributed by atoms with E-state index in [1.807, 2.05) is 0 Å². The van der Waals surface area contributed by atoms with Gasteiger partial charge in [-0.25, -0.2) is 0 Å². The molecule has 5 aliphatic carbocycles. The van der Waals surface area contributed by atoms with Crippen LogP contribution in [0.5, 0.6) is 0 Å². The predicted octanol–water partition coefficient (Wildman–Crippen LogP) is 7.28. The Kier molecular flexibility index (Phi) is 13.1. The van der Waals surface area contributed by atoms with Gasteiger partial charge in [-0.3, -0.25) is 9.35 Å². The smallest absolute Gasteiger partial charge is 0.266 e. The van der Waals surface area contributed by atoms with Gasteiger partial charge in [-0.15, -0.1) is 9.24 Å². The number of nitrogens with one attached hydrogen (secondary N) is 1. The molecule has 0 spiro atoms. The van der Waals surface area contributed by atoms with Gasteiger partial charge >= 0.3 is 0 Å². The molecule has 20 atom stereocenters. The van der Waals surface area contributed by atoms with Gasteiger partial charge in [-0.05, 0) is 161 Å². The molecule has 312 valence electrons. The summed E-state index contributed by atoms with van der Waals surface area (Å²) >= 11 is 0. The molecule has 6 aliphatic rings. The van der Waals surface area contributed by atoms with Crippen molar-refractivity contribution < 1.29 is 37.5 Å². The monoisotopic (exact) mass is 798 g/mol. The van der Waals surface area contributed by atoms with E-state index in [0.29, 0.717) is 66.3 Å². The zero-order valence-electron chi connectivity index (χ0n) is 34.7. The van der Waals surface area contributed by atoms with Gasteiger partial charge in [0.25, 0.3) is 10.1 Å². The lowest BCUT2D eigenvalue weighted by Gasteiger charge is -2.64. The van der Waals surface area contributed by atoms with E-state index in [2.05, 4.69) is 69.9 Å². The number of ether oxygens (including phenoxy) is 2. The van der Waals surface area contributed by atoms with Gasteiger partial charge < -0.3 is 25.0 Å². The van der Waals surface area contributed by atoms with E-state index < -0.39 is 28.1 Å². The van der Waals surface area contributed by atoms with Gasteiger partial charge in [0, 0.05) is 18.1 Å². The van der Waals surface area contributed by atoms with Gasteiger partial charge in [-0.2, -0.15) is 8.42 Å². The molecule has 5 saturated carbocycles. The summed E-state index contributed by atoms with van der Waals surface area (Å²) in [7, 11) is -0.750. The molecule has 6 fully saturated rings. The zero-order chi connectivity index (χ0) is 39.5. The number of aliphatic hydroxyl groups is 2. The molecule has 0 bridgehead atoms. The van der Waals surface area contributed by atoms with Gasteiger partial charge in [0.1, 0.15) is 0 Å². The van der Waals surface area contributed by atoms with Gasteiger partial charge in [0.15, 0.2) is 0 Å². The van der Waals surface area contributed by atoms with Crippen molar-refractivity contribution in [3.05, 3.63) is 0 Å². The Morgan fingerprint density at radius 1 is 0.870 bits per heavy atom. The summed E-state index contributed by atoms with van der Waals surface area (Å²) in [4.78, 5) is 12.5. The molecule has 0 aromatic rings. The molecule has 0 aromatic heterocycles. The molecule has 1 saturated heterocycles. The minimum absolute atomic E-state index is 0.0135. The maximum Gasteiger partial charge on any atom is 0.266 e. The molecular weight excluding hydrogens is 722 g/mol. The fourth-order valence-electron chi connectivity index (χ4n) is 14.5. The van der Waals surface area contributed by atoms with Crippen LogP contribution >= 0.6 is 9.24 Å². The third-order valence-corrected chi connectivity index (χ3v) is 19.7. The van der Waals surface area contributed by atoms with Crippen LogP contribution in [0.1, 0.15) is 139 Å². The number of carbonyl (C=O) groups is 1. The van der Waals surface area contributed by atoms with E-state index in [9.17, 15) is 23.4 Å². The molecule has 6 rings (SSSR count). The largest absolute Gasteiger partial charge is 0.390 e. The minimum Gasteiger partial charge on any atom is -0.390 e. The van der Waals surface area contributed by atoms with Crippen LogP contribution in [0, 0.1) is 70.0 Å². The molecule has 1 amide bonds. The first-order chi connectivity index (χ1) is 25.2. The fraction of sp³-hybridized carbons (Fsp3) is 0.977. The van der Waals surface area contributed by atoms with E-state index in [-0.39, 0.29) is 58.6 Å². The van der Waals surface area contributed by atoms with E-state index in [4.69, 9.17) is 14.0 Å². The maximum absolute atomic E-state index is 12.5. The van der Waals surface area contributed by atoms with Crippen LogP contribution in [-0.2, 0) is 24.4 Å². The average Bonchev–Trinajstić information content (AvgIpc) is 3.40. The lowest BCUT2D eigenvalue weighted by Crippen LogP contribution is -2.64. The van der Waals surface area contributed by atoms with Crippen LogP contribution in [0.2, 0.25) is 0 Å². The van der Waals surface area contributed by atoms with Crippen LogP contribution in [0.3, 0.4) is 0 Å². The first-order valence-corrected chi connectivity index (χ1v) is 24.1. The van der Waals surface area contributed by atoms with Crippen molar-refractivity contribution in [2.24, 2.45) is 70.0 Å². The van der Waals surface area contributed by atoms with Crippen LogP contribution in [0.15, 0.2) is 0 Å². The Morgan fingerprint density at radius 3 is 2.22 bits per heavy atom. The first kappa shape index (κ1) is 43.2. The second-order valence-electron chi connectivity index (χ2n) is 20.3. The Balaban J connectivity index is 1.08. The highest BCUT2D eigenvalue weighted by molar-refractivity contribution is 7.85. The van der Waals surface area contributed by atoms with E-state index in [0.717, 1.165) is 51.4 Å². The summed E-state index contributed by atoms with van der Waals surface area (Å²) in [6, 6.07) is 0. The SMILES string of the molecule is CC1CCC2[C@H](C)CCC([C@@H](C)C(C)O[C@@H]3CCC4(C)C5CCC6(C)C(CCC6[C@H](C)CCC(=O)NCCS(=O)(=O)O)C5[C@H](O)[C@H](O)C4C3)C2(P)C(C)O1. The number of hydrogen-bond donors (Lipinski definition) is 4. The zero-order valence-corrected chi connectivity index (χ0v) is 36.7. The van der Waals surface area contributed by atoms with Crippen molar-refractivity contribution in [2.45, 2.75) is 181 Å². The minimum atomic E-state index is -4.10. The topological polar surface area (TPSA) is 142 Å². The van der Waals surface area contributed by atoms with Crippen molar-refractivity contribution in [3.63, 3.8) is 0 Å². The Hall–Kier alpha value is -0.350. The molecule has 14 unspecified atom stereocenters. The number of hydrogen-bond acceptors (Lipinski definition) is 7. The Bertz CT molecular complexity index is 1430. The normalized spacial score (nSPS) is 48.3.